The number of hydrogen-bond acceptors (Lipinski definition) is 4. The average Bonchev–Trinajstić information content (AvgIpc) is 2.66. The van der Waals surface area contributed by atoms with Gasteiger partial charge in [0.2, 0.25) is 0 Å². The first-order valence-corrected chi connectivity index (χ1v) is 10.2. The minimum absolute atomic E-state index is 0.0475. The third-order valence-corrected chi connectivity index (χ3v) is 4.92. The van der Waals surface area contributed by atoms with Crippen molar-refractivity contribution in [1.82, 2.24) is 4.90 Å². The van der Waals surface area contributed by atoms with E-state index in [9.17, 15) is 4.79 Å². The molecule has 0 bridgehead atoms. The Bertz CT molecular complexity index is 620. The van der Waals surface area contributed by atoms with E-state index in [4.69, 9.17) is 25.8 Å². The van der Waals surface area contributed by atoms with Gasteiger partial charge in [-0.15, -0.1) is 0 Å². The van der Waals surface area contributed by atoms with Gasteiger partial charge in [0.25, 0.3) is 5.91 Å². The molecule has 1 saturated heterocycles. The molecule has 0 N–H and O–H groups in total. The summed E-state index contributed by atoms with van der Waals surface area (Å²) >= 11 is 6.41. The van der Waals surface area contributed by atoms with Crippen LogP contribution in [0.25, 0.3) is 0 Å². The van der Waals surface area contributed by atoms with Crippen LogP contribution in [0.2, 0.25) is 5.02 Å². The normalized spacial score (nSPS) is 17.3. The molecule has 0 saturated carbocycles. The first kappa shape index (κ1) is 21.8. The SMILES string of the molecule is CCCOC1CCCN(C(=O)c2cc(Cl)c(OCCC(C)C)c(OC)c2)C1. The number of nitrogens with zero attached hydrogens (tertiary/aromatic N) is 1. The fourth-order valence-corrected chi connectivity index (χ4v) is 3.37. The number of amides is 1. The fourth-order valence-electron chi connectivity index (χ4n) is 3.11. The molecule has 0 spiro atoms. The van der Waals surface area contributed by atoms with Crippen molar-refractivity contribution >= 4 is 17.5 Å². The molecule has 0 aromatic heterocycles. The van der Waals surface area contributed by atoms with Gasteiger partial charge < -0.3 is 19.1 Å². The van der Waals surface area contributed by atoms with Crippen molar-refractivity contribution in [2.45, 2.75) is 52.6 Å². The number of hydrogen-bond donors (Lipinski definition) is 0. The Balaban J connectivity index is 2.10. The summed E-state index contributed by atoms with van der Waals surface area (Å²) < 4.78 is 17.1. The topological polar surface area (TPSA) is 48.0 Å². The van der Waals surface area contributed by atoms with E-state index in [1.165, 1.54) is 0 Å². The summed E-state index contributed by atoms with van der Waals surface area (Å²) in [6, 6.07) is 3.39. The number of carbonyl (C=O) groups is 1. The summed E-state index contributed by atoms with van der Waals surface area (Å²) in [4.78, 5) is 14.8. The zero-order valence-corrected chi connectivity index (χ0v) is 17.7. The molecule has 152 valence electrons. The molecule has 1 atom stereocenters. The molecule has 27 heavy (non-hydrogen) atoms. The summed E-state index contributed by atoms with van der Waals surface area (Å²) in [5.74, 6) is 1.48. The molecular weight excluding hydrogens is 366 g/mol. The van der Waals surface area contributed by atoms with E-state index in [0.29, 0.717) is 41.2 Å². The number of likely N-dealkylation sites (tertiary alicyclic amines) is 1. The molecule has 5 nitrogen and oxygen atoms in total. The van der Waals surface area contributed by atoms with Crippen molar-refractivity contribution < 1.29 is 19.0 Å². The maximum absolute atomic E-state index is 13.0. The predicted molar refractivity (Wildman–Crippen MR) is 108 cm³/mol. The summed E-state index contributed by atoms with van der Waals surface area (Å²) in [6.45, 7) is 9.01. The number of halogens is 1. The van der Waals surface area contributed by atoms with E-state index in [1.807, 2.05) is 4.90 Å². The second-order valence-corrected chi connectivity index (χ2v) is 7.81. The molecule has 1 heterocycles. The Morgan fingerprint density at radius 1 is 1.33 bits per heavy atom. The highest BCUT2D eigenvalue weighted by Gasteiger charge is 2.26. The molecule has 1 aromatic carbocycles. The first-order chi connectivity index (χ1) is 13.0. The average molecular weight is 398 g/mol. The van der Waals surface area contributed by atoms with Gasteiger partial charge in [-0.25, -0.2) is 0 Å². The summed E-state index contributed by atoms with van der Waals surface area (Å²) in [6.07, 6.45) is 3.96. The lowest BCUT2D eigenvalue weighted by atomic mass is 10.1. The summed E-state index contributed by atoms with van der Waals surface area (Å²) in [7, 11) is 1.56. The maximum atomic E-state index is 13.0. The van der Waals surface area contributed by atoms with Gasteiger partial charge in [0.15, 0.2) is 11.5 Å². The van der Waals surface area contributed by atoms with Crippen LogP contribution in [0.4, 0.5) is 0 Å². The standard InChI is InChI=1S/C21H32ClNO4/c1-5-10-26-17-7-6-9-23(14-17)21(24)16-12-18(22)20(19(13-16)25-4)27-11-8-15(2)3/h12-13,15,17H,5-11,14H2,1-4H3. The molecule has 1 unspecified atom stereocenters. The minimum atomic E-state index is -0.0475. The van der Waals surface area contributed by atoms with Gasteiger partial charge in [-0.2, -0.15) is 0 Å². The fraction of sp³-hybridized carbons (Fsp3) is 0.667. The van der Waals surface area contributed by atoms with Crippen molar-refractivity contribution in [1.29, 1.82) is 0 Å². The zero-order valence-electron chi connectivity index (χ0n) is 16.9. The second kappa shape index (κ2) is 10.8. The van der Waals surface area contributed by atoms with Gasteiger partial charge in [-0.1, -0.05) is 32.4 Å². The number of carbonyl (C=O) groups excluding carboxylic acids is 1. The highest BCUT2D eigenvalue weighted by Crippen LogP contribution is 2.37. The lowest BCUT2D eigenvalue weighted by Gasteiger charge is -2.33. The highest BCUT2D eigenvalue weighted by atomic mass is 35.5. The van der Waals surface area contributed by atoms with Crippen LogP contribution in [0.5, 0.6) is 11.5 Å². The number of piperidine rings is 1. The number of benzene rings is 1. The number of rotatable bonds is 9. The lowest BCUT2D eigenvalue weighted by molar-refractivity contribution is 0.00210. The molecular formula is C21H32ClNO4. The van der Waals surface area contributed by atoms with Gasteiger partial charge in [0.1, 0.15) is 0 Å². The van der Waals surface area contributed by atoms with Crippen molar-refractivity contribution in [3.05, 3.63) is 22.7 Å². The summed E-state index contributed by atoms with van der Waals surface area (Å²) in [5.41, 5.74) is 0.518. The molecule has 6 heteroatoms. The molecule has 0 aliphatic carbocycles. The molecule has 2 rings (SSSR count). The van der Waals surface area contributed by atoms with E-state index >= 15 is 0 Å². The number of methoxy groups -OCH3 is 1. The Kier molecular flexibility index (Phi) is 8.71. The van der Waals surface area contributed by atoms with Crippen LogP contribution in [0.1, 0.15) is 56.8 Å². The van der Waals surface area contributed by atoms with Crippen LogP contribution in [-0.4, -0.2) is 50.3 Å². The molecule has 1 aliphatic rings. The van der Waals surface area contributed by atoms with E-state index < -0.39 is 0 Å². The van der Waals surface area contributed by atoms with Gasteiger partial charge in [0.05, 0.1) is 24.8 Å². The molecule has 0 radical (unpaired) electrons. The van der Waals surface area contributed by atoms with Gasteiger partial charge >= 0.3 is 0 Å². The van der Waals surface area contributed by atoms with Crippen molar-refractivity contribution in [2.24, 2.45) is 5.92 Å². The van der Waals surface area contributed by atoms with Gasteiger partial charge in [-0.3, -0.25) is 4.79 Å². The highest BCUT2D eigenvalue weighted by molar-refractivity contribution is 6.32. The first-order valence-electron chi connectivity index (χ1n) is 9.87. The van der Waals surface area contributed by atoms with Crippen molar-refractivity contribution in [3.8, 4) is 11.5 Å². The zero-order chi connectivity index (χ0) is 19.8. The minimum Gasteiger partial charge on any atom is -0.493 e. The quantitative estimate of drug-likeness (QED) is 0.600. The third kappa shape index (κ3) is 6.28. The Hall–Kier alpha value is -1.46. The third-order valence-electron chi connectivity index (χ3n) is 4.64. The molecule has 1 amide bonds. The maximum Gasteiger partial charge on any atom is 0.254 e. The predicted octanol–water partition coefficient (Wildman–Crippen LogP) is 4.80. The van der Waals surface area contributed by atoms with Crippen molar-refractivity contribution in [2.75, 3.05) is 33.4 Å². The van der Waals surface area contributed by atoms with Crippen LogP contribution < -0.4 is 9.47 Å². The van der Waals surface area contributed by atoms with E-state index in [-0.39, 0.29) is 12.0 Å². The monoisotopic (exact) mass is 397 g/mol. The molecule has 1 aromatic rings. The van der Waals surface area contributed by atoms with Crippen LogP contribution in [0.15, 0.2) is 12.1 Å². The van der Waals surface area contributed by atoms with Crippen LogP contribution in [0.3, 0.4) is 0 Å². The molecule has 1 fully saturated rings. The van der Waals surface area contributed by atoms with Gasteiger partial charge in [0, 0.05) is 25.3 Å². The van der Waals surface area contributed by atoms with Crippen molar-refractivity contribution in [3.63, 3.8) is 0 Å². The summed E-state index contributed by atoms with van der Waals surface area (Å²) in [5, 5.41) is 0.400. The molecule has 1 aliphatic heterocycles. The Morgan fingerprint density at radius 2 is 2.11 bits per heavy atom. The van der Waals surface area contributed by atoms with E-state index in [0.717, 1.165) is 38.8 Å². The Labute approximate surface area is 167 Å². The van der Waals surface area contributed by atoms with E-state index in [1.54, 1.807) is 19.2 Å². The number of ether oxygens (including phenoxy) is 3. The smallest absolute Gasteiger partial charge is 0.254 e. The van der Waals surface area contributed by atoms with Crippen LogP contribution in [-0.2, 0) is 4.74 Å². The van der Waals surface area contributed by atoms with Crippen LogP contribution >= 0.6 is 11.6 Å². The Morgan fingerprint density at radius 3 is 2.78 bits per heavy atom. The largest absolute Gasteiger partial charge is 0.493 e. The lowest BCUT2D eigenvalue weighted by Crippen LogP contribution is -2.43. The second-order valence-electron chi connectivity index (χ2n) is 7.41. The van der Waals surface area contributed by atoms with E-state index in [2.05, 4.69) is 20.8 Å². The van der Waals surface area contributed by atoms with Gasteiger partial charge in [-0.05, 0) is 43.7 Å². The van der Waals surface area contributed by atoms with Crippen LogP contribution in [0, 0.1) is 5.92 Å².